The van der Waals surface area contributed by atoms with Crippen LogP contribution < -0.4 is 15.6 Å². The Bertz CT molecular complexity index is 1380. The number of aromatic amines is 1. The maximum absolute atomic E-state index is 14.6. The quantitative estimate of drug-likeness (QED) is 0.408. The molecule has 3 N–H and O–H groups in total. The highest BCUT2D eigenvalue weighted by atomic mass is 35.5. The van der Waals surface area contributed by atoms with Gasteiger partial charge in [0.15, 0.2) is 17.4 Å². The Morgan fingerprint density at radius 1 is 1.19 bits per heavy atom. The Kier molecular flexibility index (Phi) is 8.34. The average Bonchev–Trinajstić information content (AvgIpc) is 2.90. The Balaban J connectivity index is 1.41. The normalized spacial score (nSPS) is 14.1. The van der Waals surface area contributed by atoms with Crippen LogP contribution in [0, 0.1) is 17.6 Å². The zero-order valence-corrected chi connectivity index (χ0v) is 20.5. The summed E-state index contributed by atoms with van der Waals surface area (Å²) in [4.78, 5) is 45.1. The molecule has 1 aliphatic heterocycles. The fraction of sp³-hybridized carbons (Fsp3) is 0.360. The number of benzene rings is 2. The largest absolute Gasteiger partial charge is 0.490 e. The molecule has 2 aromatic carbocycles. The van der Waals surface area contributed by atoms with E-state index in [-0.39, 0.29) is 52.5 Å². The number of aliphatic hydroxyl groups excluding tert-OH is 1. The van der Waals surface area contributed by atoms with Crippen LogP contribution in [0.5, 0.6) is 5.75 Å². The van der Waals surface area contributed by atoms with Gasteiger partial charge in [-0.2, -0.15) is 0 Å². The molecule has 0 radical (unpaired) electrons. The van der Waals surface area contributed by atoms with E-state index in [1.165, 1.54) is 24.3 Å². The van der Waals surface area contributed by atoms with E-state index in [1.54, 1.807) is 4.90 Å². The first-order chi connectivity index (χ1) is 17.8. The molecule has 1 aromatic heterocycles. The van der Waals surface area contributed by atoms with Gasteiger partial charge in [0, 0.05) is 19.6 Å². The van der Waals surface area contributed by atoms with Crippen molar-refractivity contribution in [3.8, 4) is 5.75 Å². The topological polar surface area (TPSA) is 125 Å². The van der Waals surface area contributed by atoms with E-state index >= 15 is 0 Å². The summed E-state index contributed by atoms with van der Waals surface area (Å²) >= 11 is 5.75. The van der Waals surface area contributed by atoms with E-state index in [0.717, 1.165) is 18.9 Å². The number of hydrogen-bond donors (Lipinski definition) is 3. The molecule has 0 aliphatic carbocycles. The summed E-state index contributed by atoms with van der Waals surface area (Å²) in [6.45, 7) is 0.732. The third kappa shape index (κ3) is 6.23. The van der Waals surface area contributed by atoms with Crippen LogP contribution in [0.2, 0.25) is 5.02 Å². The number of nitrogens with zero attached hydrogens (tertiary/aromatic N) is 2. The van der Waals surface area contributed by atoms with Gasteiger partial charge in [0.2, 0.25) is 5.91 Å². The molecule has 1 saturated heterocycles. The zero-order chi connectivity index (χ0) is 26.5. The highest BCUT2D eigenvalue weighted by Gasteiger charge is 2.23. The predicted octanol–water partition coefficient (Wildman–Crippen LogP) is 2.78. The number of H-pyrrole nitrogens is 1. The first-order valence-electron chi connectivity index (χ1n) is 11.7. The van der Waals surface area contributed by atoms with Gasteiger partial charge in [-0.25, -0.2) is 13.8 Å². The van der Waals surface area contributed by atoms with Crippen molar-refractivity contribution in [1.29, 1.82) is 0 Å². The van der Waals surface area contributed by atoms with Gasteiger partial charge >= 0.3 is 0 Å². The summed E-state index contributed by atoms with van der Waals surface area (Å²) in [5.74, 6) is -2.55. The van der Waals surface area contributed by atoms with Crippen molar-refractivity contribution in [3.63, 3.8) is 0 Å². The fourth-order valence-electron chi connectivity index (χ4n) is 4.24. The van der Waals surface area contributed by atoms with Crippen molar-refractivity contribution in [2.24, 2.45) is 5.92 Å². The van der Waals surface area contributed by atoms with Gasteiger partial charge in [-0.15, -0.1) is 0 Å². The molecule has 0 bridgehead atoms. The van der Waals surface area contributed by atoms with Crippen LogP contribution in [0.4, 0.5) is 8.78 Å². The molecule has 3 aromatic rings. The number of aliphatic hydroxyl groups is 1. The van der Waals surface area contributed by atoms with Gasteiger partial charge < -0.3 is 25.0 Å². The van der Waals surface area contributed by atoms with Crippen molar-refractivity contribution in [3.05, 3.63) is 68.7 Å². The lowest BCUT2D eigenvalue weighted by molar-refractivity contribution is -0.135. The molecule has 1 fully saturated rings. The summed E-state index contributed by atoms with van der Waals surface area (Å²) in [5, 5.41) is 11.4. The second kappa shape index (κ2) is 11.7. The van der Waals surface area contributed by atoms with Crippen LogP contribution in [0.3, 0.4) is 0 Å². The summed E-state index contributed by atoms with van der Waals surface area (Å²) in [5.41, 5.74) is -0.0948. The van der Waals surface area contributed by atoms with E-state index in [2.05, 4.69) is 15.3 Å². The van der Waals surface area contributed by atoms with Crippen LogP contribution >= 0.6 is 11.6 Å². The summed E-state index contributed by atoms with van der Waals surface area (Å²) in [6.07, 6.45) is 2.06. The lowest BCUT2D eigenvalue weighted by Gasteiger charge is -2.31. The van der Waals surface area contributed by atoms with Crippen LogP contribution in [0.15, 0.2) is 35.1 Å². The van der Waals surface area contributed by atoms with E-state index in [0.29, 0.717) is 25.1 Å². The van der Waals surface area contributed by atoms with Gasteiger partial charge in [-0.3, -0.25) is 14.4 Å². The molecule has 0 unspecified atom stereocenters. The standard InChI is InChI=1S/C25H25ClF2N4O5/c26-16-11-15(1-2-17(16)27)12-29-25(36)23-30-19-4-3-18(28)22(21(19)24(35)31-23)37-10-7-14-5-8-32(9-6-14)20(34)13-33/h1-4,11,14,33H,5-10,12-13H2,(H,29,36)(H,30,31,35). The van der Waals surface area contributed by atoms with E-state index in [1.807, 2.05) is 0 Å². The summed E-state index contributed by atoms with van der Waals surface area (Å²) in [7, 11) is 0. The molecule has 196 valence electrons. The minimum atomic E-state index is -0.731. The number of likely N-dealkylation sites (tertiary alicyclic amines) is 1. The molecular formula is C25H25ClF2N4O5. The highest BCUT2D eigenvalue weighted by molar-refractivity contribution is 6.30. The monoisotopic (exact) mass is 534 g/mol. The van der Waals surface area contributed by atoms with Crippen molar-refractivity contribution in [2.45, 2.75) is 25.8 Å². The molecule has 4 rings (SSSR count). The molecule has 0 atom stereocenters. The number of hydrogen-bond acceptors (Lipinski definition) is 6. The first kappa shape index (κ1) is 26.5. The minimum Gasteiger partial charge on any atom is -0.490 e. The number of carbonyl (C=O) groups is 2. The number of rotatable bonds is 8. The number of amides is 2. The van der Waals surface area contributed by atoms with E-state index < -0.39 is 29.7 Å². The third-order valence-electron chi connectivity index (χ3n) is 6.31. The molecule has 12 heteroatoms. The summed E-state index contributed by atoms with van der Waals surface area (Å²) < 4.78 is 33.6. The SMILES string of the molecule is O=C(NCc1ccc(F)c(Cl)c1)c1nc2ccc(F)c(OCCC3CCN(C(=O)CO)CC3)c2c(=O)[nH]1. The number of halogens is 3. The van der Waals surface area contributed by atoms with Gasteiger partial charge in [0.1, 0.15) is 17.8 Å². The number of aromatic nitrogens is 2. The Morgan fingerprint density at radius 3 is 2.62 bits per heavy atom. The van der Waals surface area contributed by atoms with Crippen molar-refractivity contribution in [1.82, 2.24) is 20.2 Å². The van der Waals surface area contributed by atoms with E-state index in [9.17, 15) is 23.2 Å². The van der Waals surface area contributed by atoms with Crippen molar-refractivity contribution < 1.29 is 28.2 Å². The lowest BCUT2D eigenvalue weighted by atomic mass is 9.94. The van der Waals surface area contributed by atoms with Gasteiger partial charge in [-0.05, 0) is 55.0 Å². The third-order valence-corrected chi connectivity index (χ3v) is 6.60. The Morgan fingerprint density at radius 2 is 1.92 bits per heavy atom. The van der Waals surface area contributed by atoms with Crippen LogP contribution in [-0.4, -0.2) is 58.1 Å². The number of nitrogens with one attached hydrogen (secondary N) is 2. The molecule has 2 amide bonds. The first-order valence-corrected chi connectivity index (χ1v) is 12.1. The van der Waals surface area contributed by atoms with Crippen LogP contribution in [0.25, 0.3) is 10.9 Å². The summed E-state index contributed by atoms with van der Waals surface area (Å²) in [6, 6.07) is 6.42. The molecule has 37 heavy (non-hydrogen) atoms. The lowest BCUT2D eigenvalue weighted by Crippen LogP contribution is -2.40. The molecule has 9 nitrogen and oxygen atoms in total. The smallest absolute Gasteiger partial charge is 0.287 e. The molecule has 1 aliphatic rings. The van der Waals surface area contributed by atoms with Crippen LogP contribution in [-0.2, 0) is 11.3 Å². The number of piperidine rings is 1. The molecule has 0 spiro atoms. The number of fused-ring (bicyclic) bond motifs is 1. The fourth-order valence-corrected chi connectivity index (χ4v) is 4.44. The van der Waals surface area contributed by atoms with Gasteiger partial charge in [-0.1, -0.05) is 17.7 Å². The highest BCUT2D eigenvalue weighted by Crippen LogP contribution is 2.27. The van der Waals surface area contributed by atoms with Crippen molar-refractivity contribution >= 4 is 34.3 Å². The van der Waals surface area contributed by atoms with Gasteiger partial charge in [0.05, 0.1) is 17.1 Å². The predicted molar refractivity (Wildman–Crippen MR) is 131 cm³/mol. The Hall–Kier alpha value is -3.57. The minimum absolute atomic E-state index is 0.0193. The second-order valence-electron chi connectivity index (χ2n) is 8.74. The number of ether oxygens (including phenoxy) is 1. The Labute approximate surface area is 215 Å². The second-order valence-corrected chi connectivity index (χ2v) is 9.14. The zero-order valence-electron chi connectivity index (χ0n) is 19.7. The molecular weight excluding hydrogens is 510 g/mol. The maximum atomic E-state index is 14.6. The molecule has 2 heterocycles. The average molecular weight is 535 g/mol. The van der Waals surface area contributed by atoms with Gasteiger partial charge in [0.25, 0.3) is 11.5 Å². The van der Waals surface area contributed by atoms with Crippen molar-refractivity contribution in [2.75, 3.05) is 26.3 Å². The number of carbonyl (C=O) groups excluding carboxylic acids is 2. The maximum Gasteiger partial charge on any atom is 0.287 e. The van der Waals surface area contributed by atoms with E-state index in [4.69, 9.17) is 21.4 Å². The molecule has 0 saturated carbocycles. The van der Waals surface area contributed by atoms with Crippen LogP contribution in [0.1, 0.15) is 35.4 Å².